The first kappa shape index (κ1) is 14.6. The fourth-order valence-electron chi connectivity index (χ4n) is 2.08. The van der Waals surface area contributed by atoms with Crippen LogP contribution in [-0.4, -0.2) is 28.4 Å². The standard InChI is InChI=1S/C13H22N4O/c1-4-17(9-11-7-5-6-8-15-11)12(10(2)3)13(18)16-14/h5-8,10,12H,4,9,14H2,1-3H3,(H,16,18). The molecule has 1 amide bonds. The van der Waals surface area contributed by atoms with Crippen LogP contribution in [0.4, 0.5) is 0 Å². The van der Waals surface area contributed by atoms with Crippen molar-refractivity contribution in [3.63, 3.8) is 0 Å². The zero-order valence-electron chi connectivity index (χ0n) is 11.3. The zero-order valence-corrected chi connectivity index (χ0v) is 11.3. The highest BCUT2D eigenvalue weighted by Crippen LogP contribution is 2.13. The number of hydrogen-bond donors (Lipinski definition) is 2. The van der Waals surface area contributed by atoms with E-state index in [1.54, 1.807) is 6.20 Å². The molecule has 0 aliphatic rings. The largest absolute Gasteiger partial charge is 0.293 e. The van der Waals surface area contributed by atoms with Crippen molar-refractivity contribution in [1.29, 1.82) is 0 Å². The average Bonchev–Trinajstić information content (AvgIpc) is 2.38. The van der Waals surface area contributed by atoms with Gasteiger partial charge in [0.2, 0.25) is 0 Å². The minimum Gasteiger partial charge on any atom is -0.293 e. The molecule has 5 heteroatoms. The summed E-state index contributed by atoms with van der Waals surface area (Å²) in [7, 11) is 0. The molecule has 3 N–H and O–H groups in total. The highest BCUT2D eigenvalue weighted by molar-refractivity contribution is 5.81. The molecule has 0 saturated carbocycles. The fourth-order valence-corrected chi connectivity index (χ4v) is 2.08. The third kappa shape index (κ3) is 3.78. The van der Waals surface area contributed by atoms with E-state index in [2.05, 4.69) is 15.3 Å². The predicted octanol–water partition coefficient (Wildman–Crippen LogP) is 0.918. The fraction of sp³-hybridized carbons (Fsp3) is 0.538. The van der Waals surface area contributed by atoms with Gasteiger partial charge in [-0.1, -0.05) is 26.8 Å². The van der Waals surface area contributed by atoms with E-state index >= 15 is 0 Å². The van der Waals surface area contributed by atoms with Crippen LogP contribution in [0.2, 0.25) is 0 Å². The summed E-state index contributed by atoms with van der Waals surface area (Å²) in [5.74, 6) is 5.30. The van der Waals surface area contributed by atoms with Crippen LogP contribution in [0.15, 0.2) is 24.4 Å². The Morgan fingerprint density at radius 3 is 2.67 bits per heavy atom. The molecule has 0 aliphatic carbocycles. The van der Waals surface area contributed by atoms with Crippen molar-refractivity contribution in [3.05, 3.63) is 30.1 Å². The molecule has 1 heterocycles. The molecule has 0 fully saturated rings. The second-order valence-corrected chi connectivity index (χ2v) is 4.58. The monoisotopic (exact) mass is 250 g/mol. The molecule has 1 unspecified atom stereocenters. The Kier molecular flexibility index (Phi) is 5.74. The van der Waals surface area contributed by atoms with Gasteiger partial charge in [-0.25, -0.2) is 5.84 Å². The van der Waals surface area contributed by atoms with Gasteiger partial charge in [-0.15, -0.1) is 0 Å². The maximum absolute atomic E-state index is 11.8. The maximum Gasteiger partial charge on any atom is 0.251 e. The van der Waals surface area contributed by atoms with Crippen LogP contribution in [0.3, 0.4) is 0 Å². The predicted molar refractivity (Wildman–Crippen MR) is 71.3 cm³/mol. The topological polar surface area (TPSA) is 71.2 Å². The molecule has 0 spiro atoms. The van der Waals surface area contributed by atoms with E-state index in [-0.39, 0.29) is 17.9 Å². The first-order valence-electron chi connectivity index (χ1n) is 6.24. The van der Waals surface area contributed by atoms with Crippen LogP contribution in [0, 0.1) is 5.92 Å². The number of nitrogens with one attached hydrogen (secondary N) is 1. The molecule has 18 heavy (non-hydrogen) atoms. The molecule has 0 radical (unpaired) electrons. The molecule has 100 valence electrons. The lowest BCUT2D eigenvalue weighted by Crippen LogP contribution is -2.51. The number of likely N-dealkylation sites (N-methyl/N-ethyl adjacent to an activating group) is 1. The van der Waals surface area contributed by atoms with Gasteiger partial charge >= 0.3 is 0 Å². The Morgan fingerprint density at radius 1 is 1.50 bits per heavy atom. The lowest BCUT2D eigenvalue weighted by molar-refractivity contribution is -0.128. The molecule has 0 aromatic carbocycles. The molecular weight excluding hydrogens is 228 g/mol. The third-order valence-electron chi connectivity index (χ3n) is 2.93. The number of aromatic nitrogens is 1. The van der Waals surface area contributed by atoms with Gasteiger partial charge in [0.1, 0.15) is 0 Å². The Balaban J connectivity index is 2.83. The van der Waals surface area contributed by atoms with Gasteiger partial charge in [0.25, 0.3) is 5.91 Å². The first-order chi connectivity index (χ1) is 8.60. The van der Waals surface area contributed by atoms with Gasteiger partial charge in [0, 0.05) is 12.7 Å². The summed E-state index contributed by atoms with van der Waals surface area (Å²) in [5.41, 5.74) is 3.20. The van der Waals surface area contributed by atoms with Crippen LogP contribution < -0.4 is 11.3 Å². The summed E-state index contributed by atoms with van der Waals surface area (Å²) in [5, 5.41) is 0. The summed E-state index contributed by atoms with van der Waals surface area (Å²) >= 11 is 0. The zero-order chi connectivity index (χ0) is 13.5. The molecule has 0 bridgehead atoms. The summed E-state index contributed by atoms with van der Waals surface area (Å²) in [6.45, 7) is 7.48. The van der Waals surface area contributed by atoms with Crippen LogP contribution in [-0.2, 0) is 11.3 Å². The van der Waals surface area contributed by atoms with E-state index < -0.39 is 0 Å². The second-order valence-electron chi connectivity index (χ2n) is 4.58. The van der Waals surface area contributed by atoms with E-state index in [0.29, 0.717) is 6.54 Å². The third-order valence-corrected chi connectivity index (χ3v) is 2.93. The van der Waals surface area contributed by atoms with Gasteiger partial charge in [-0.05, 0) is 24.6 Å². The van der Waals surface area contributed by atoms with Crippen molar-refractivity contribution in [2.45, 2.75) is 33.4 Å². The number of pyridine rings is 1. The van der Waals surface area contributed by atoms with E-state index in [1.165, 1.54) is 0 Å². The Morgan fingerprint density at radius 2 is 2.22 bits per heavy atom. The van der Waals surface area contributed by atoms with Crippen molar-refractivity contribution < 1.29 is 4.79 Å². The number of hydrazine groups is 1. The van der Waals surface area contributed by atoms with Crippen LogP contribution in [0.25, 0.3) is 0 Å². The minimum absolute atomic E-state index is 0.150. The van der Waals surface area contributed by atoms with Crippen molar-refractivity contribution in [2.75, 3.05) is 6.54 Å². The van der Waals surface area contributed by atoms with Crippen molar-refractivity contribution >= 4 is 5.91 Å². The lowest BCUT2D eigenvalue weighted by atomic mass is 10.0. The normalized spacial score (nSPS) is 12.8. The minimum atomic E-state index is -0.234. The van der Waals surface area contributed by atoms with Gasteiger partial charge in [-0.3, -0.25) is 20.1 Å². The van der Waals surface area contributed by atoms with E-state index in [1.807, 2.05) is 39.0 Å². The highest BCUT2D eigenvalue weighted by atomic mass is 16.2. The number of nitrogens with zero attached hydrogens (tertiary/aromatic N) is 2. The molecule has 5 nitrogen and oxygen atoms in total. The smallest absolute Gasteiger partial charge is 0.251 e. The van der Waals surface area contributed by atoms with Crippen molar-refractivity contribution in [1.82, 2.24) is 15.3 Å². The number of rotatable bonds is 6. The van der Waals surface area contributed by atoms with Crippen LogP contribution in [0.5, 0.6) is 0 Å². The number of carbonyl (C=O) groups is 1. The number of carbonyl (C=O) groups excluding carboxylic acids is 1. The summed E-state index contributed by atoms with van der Waals surface area (Å²) in [6, 6.07) is 5.55. The molecule has 1 aromatic heterocycles. The highest BCUT2D eigenvalue weighted by Gasteiger charge is 2.27. The Bertz CT molecular complexity index is 367. The van der Waals surface area contributed by atoms with Gasteiger partial charge in [-0.2, -0.15) is 0 Å². The van der Waals surface area contributed by atoms with E-state index in [9.17, 15) is 4.79 Å². The molecule has 0 aliphatic heterocycles. The average molecular weight is 250 g/mol. The first-order valence-corrected chi connectivity index (χ1v) is 6.24. The molecule has 1 rings (SSSR count). The molecular formula is C13H22N4O. The summed E-state index contributed by atoms with van der Waals surface area (Å²) in [6.07, 6.45) is 1.76. The molecule has 1 aromatic rings. The van der Waals surface area contributed by atoms with Crippen LogP contribution in [0.1, 0.15) is 26.5 Å². The van der Waals surface area contributed by atoms with Crippen molar-refractivity contribution in [2.24, 2.45) is 11.8 Å². The second kappa shape index (κ2) is 7.08. The quantitative estimate of drug-likeness (QED) is 0.447. The van der Waals surface area contributed by atoms with Crippen molar-refractivity contribution in [3.8, 4) is 0 Å². The Hall–Kier alpha value is -1.46. The number of amides is 1. The van der Waals surface area contributed by atoms with Gasteiger partial charge in [0.15, 0.2) is 0 Å². The van der Waals surface area contributed by atoms with Gasteiger partial charge in [0.05, 0.1) is 11.7 Å². The number of nitrogens with two attached hydrogens (primary N) is 1. The van der Waals surface area contributed by atoms with E-state index in [0.717, 1.165) is 12.2 Å². The van der Waals surface area contributed by atoms with Gasteiger partial charge < -0.3 is 0 Å². The lowest BCUT2D eigenvalue weighted by Gasteiger charge is -2.31. The Labute approximate surface area is 108 Å². The van der Waals surface area contributed by atoms with E-state index in [4.69, 9.17) is 5.84 Å². The number of hydrogen-bond acceptors (Lipinski definition) is 4. The SMILES string of the molecule is CCN(Cc1ccccn1)C(C(=O)NN)C(C)C. The summed E-state index contributed by atoms with van der Waals surface area (Å²) < 4.78 is 0. The van der Waals surface area contributed by atoms with Crippen LogP contribution >= 0.6 is 0 Å². The molecule has 0 saturated heterocycles. The summed E-state index contributed by atoms with van der Waals surface area (Å²) in [4.78, 5) is 18.2. The molecule has 1 atom stereocenters. The maximum atomic E-state index is 11.8.